The van der Waals surface area contributed by atoms with Gasteiger partial charge < -0.3 is 9.15 Å². The van der Waals surface area contributed by atoms with Gasteiger partial charge >= 0.3 is 0 Å². The maximum Gasteiger partial charge on any atom is 0.194 e. The fourth-order valence-corrected chi connectivity index (χ4v) is 1.56. The lowest BCUT2D eigenvalue weighted by atomic mass is 10.1. The molecule has 0 unspecified atom stereocenters. The molecular weight excluding hydrogens is 202 g/mol. The average molecular weight is 217 g/mol. The highest BCUT2D eigenvalue weighted by Gasteiger charge is 2.01. The average Bonchev–Trinajstić information content (AvgIpc) is 2.73. The standard InChI is InChI=1S/C13H15NO2/c1-10-9-14-13(16-10)8-5-11-3-6-12(15-2)7-4-11/h3-4,6-7,9H,5,8H2,1-2H3. The number of rotatable bonds is 4. The first kappa shape index (κ1) is 10.7. The Morgan fingerprint density at radius 1 is 1.19 bits per heavy atom. The van der Waals surface area contributed by atoms with Gasteiger partial charge in [-0.15, -0.1) is 0 Å². The number of nitrogens with zero attached hydrogens (tertiary/aromatic N) is 1. The quantitative estimate of drug-likeness (QED) is 0.790. The highest BCUT2D eigenvalue weighted by Crippen LogP contribution is 2.13. The first-order chi connectivity index (χ1) is 7.78. The maximum atomic E-state index is 5.41. The summed E-state index contributed by atoms with van der Waals surface area (Å²) in [6.45, 7) is 1.91. The molecule has 0 N–H and O–H groups in total. The van der Waals surface area contributed by atoms with E-state index in [0.717, 1.165) is 30.2 Å². The summed E-state index contributed by atoms with van der Waals surface area (Å²) in [6.07, 6.45) is 3.52. The fraction of sp³-hybridized carbons (Fsp3) is 0.308. The predicted molar refractivity (Wildman–Crippen MR) is 61.6 cm³/mol. The first-order valence-corrected chi connectivity index (χ1v) is 5.32. The van der Waals surface area contributed by atoms with Crippen LogP contribution in [0.2, 0.25) is 0 Å². The van der Waals surface area contributed by atoms with Crippen LogP contribution in [0.1, 0.15) is 17.2 Å². The summed E-state index contributed by atoms with van der Waals surface area (Å²) in [7, 11) is 1.67. The van der Waals surface area contributed by atoms with Gasteiger partial charge in [0.25, 0.3) is 0 Å². The molecule has 0 aliphatic heterocycles. The van der Waals surface area contributed by atoms with Crippen LogP contribution in [0.4, 0.5) is 0 Å². The van der Waals surface area contributed by atoms with E-state index in [1.54, 1.807) is 13.3 Å². The van der Waals surface area contributed by atoms with Crippen molar-refractivity contribution in [1.29, 1.82) is 0 Å². The lowest BCUT2D eigenvalue weighted by Crippen LogP contribution is -1.91. The Kier molecular flexibility index (Phi) is 3.25. The Morgan fingerprint density at radius 2 is 1.94 bits per heavy atom. The van der Waals surface area contributed by atoms with E-state index in [-0.39, 0.29) is 0 Å². The molecule has 0 aliphatic rings. The van der Waals surface area contributed by atoms with Crippen molar-refractivity contribution < 1.29 is 9.15 Å². The van der Waals surface area contributed by atoms with Crippen LogP contribution in [0.3, 0.4) is 0 Å². The number of aryl methyl sites for hydroxylation is 3. The molecule has 0 saturated heterocycles. The third kappa shape index (κ3) is 2.63. The second kappa shape index (κ2) is 4.84. The van der Waals surface area contributed by atoms with E-state index in [4.69, 9.17) is 9.15 Å². The molecule has 0 amide bonds. The van der Waals surface area contributed by atoms with Crippen molar-refractivity contribution in [2.45, 2.75) is 19.8 Å². The minimum Gasteiger partial charge on any atom is -0.497 e. The van der Waals surface area contributed by atoms with Crippen LogP contribution in [-0.2, 0) is 12.8 Å². The largest absolute Gasteiger partial charge is 0.497 e. The van der Waals surface area contributed by atoms with Gasteiger partial charge in [0.15, 0.2) is 5.89 Å². The molecule has 16 heavy (non-hydrogen) atoms. The SMILES string of the molecule is COc1ccc(CCc2ncc(C)o2)cc1. The Hall–Kier alpha value is -1.77. The molecule has 1 heterocycles. The number of aromatic nitrogens is 1. The molecule has 0 saturated carbocycles. The van der Waals surface area contributed by atoms with Crippen LogP contribution in [0, 0.1) is 6.92 Å². The van der Waals surface area contributed by atoms with Gasteiger partial charge in [-0.2, -0.15) is 0 Å². The van der Waals surface area contributed by atoms with Gasteiger partial charge in [-0.1, -0.05) is 12.1 Å². The Labute approximate surface area is 95.1 Å². The molecule has 0 aliphatic carbocycles. The Bertz CT molecular complexity index is 445. The monoisotopic (exact) mass is 217 g/mol. The van der Waals surface area contributed by atoms with Crippen LogP contribution >= 0.6 is 0 Å². The molecule has 0 fully saturated rings. The summed E-state index contributed by atoms with van der Waals surface area (Å²) in [5.74, 6) is 2.55. The van der Waals surface area contributed by atoms with Crippen LogP contribution in [0.25, 0.3) is 0 Å². The number of methoxy groups -OCH3 is 1. The van der Waals surface area contributed by atoms with Crippen LogP contribution < -0.4 is 4.74 Å². The zero-order chi connectivity index (χ0) is 11.4. The molecule has 0 atom stereocenters. The fourth-order valence-electron chi connectivity index (χ4n) is 1.56. The number of hydrogen-bond acceptors (Lipinski definition) is 3. The van der Waals surface area contributed by atoms with Crippen LogP contribution in [0.15, 0.2) is 34.9 Å². The topological polar surface area (TPSA) is 35.3 Å². The highest BCUT2D eigenvalue weighted by molar-refractivity contribution is 5.27. The predicted octanol–water partition coefficient (Wildman–Crippen LogP) is 2.78. The van der Waals surface area contributed by atoms with Crippen molar-refractivity contribution in [3.05, 3.63) is 47.7 Å². The minimum atomic E-state index is 0.799. The summed E-state index contributed by atoms with van der Waals surface area (Å²) in [5.41, 5.74) is 1.26. The van der Waals surface area contributed by atoms with E-state index in [2.05, 4.69) is 17.1 Å². The van der Waals surface area contributed by atoms with Gasteiger partial charge in [0.1, 0.15) is 11.5 Å². The number of hydrogen-bond donors (Lipinski definition) is 0. The van der Waals surface area contributed by atoms with Crippen LogP contribution in [0.5, 0.6) is 5.75 Å². The van der Waals surface area contributed by atoms with E-state index >= 15 is 0 Å². The summed E-state index contributed by atoms with van der Waals surface area (Å²) in [5, 5.41) is 0. The lowest BCUT2D eigenvalue weighted by molar-refractivity contribution is 0.414. The van der Waals surface area contributed by atoms with Crippen molar-refractivity contribution in [2.24, 2.45) is 0 Å². The Balaban J connectivity index is 1.94. The van der Waals surface area contributed by atoms with E-state index in [0.29, 0.717) is 0 Å². The van der Waals surface area contributed by atoms with Crippen molar-refractivity contribution in [3.63, 3.8) is 0 Å². The van der Waals surface area contributed by atoms with Gasteiger partial charge in [0.05, 0.1) is 13.3 Å². The van der Waals surface area contributed by atoms with Gasteiger partial charge in [-0.3, -0.25) is 0 Å². The maximum absolute atomic E-state index is 5.41. The summed E-state index contributed by atoms with van der Waals surface area (Å²) < 4.78 is 10.5. The molecule has 0 radical (unpaired) electrons. The molecule has 3 nitrogen and oxygen atoms in total. The molecule has 0 spiro atoms. The van der Waals surface area contributed by atoms with Gasteiger partial charge in [0.2, 0.25) is 0 Å². The number of oxazole rings is 1. The van der Waals surface area contributed by atoms with Gasteiger partial charge in [-0.25, -0.2) is 4.98 Å². The molecule has 2 rings (SSSR count). The van der Waals surface area contributed by atoms with Crippen molar-refractivity contribution in [2.75, 3.05) is 7.11 Å². The zero-order valence-electron chi connectivity index (χ0n) is 9.56. The molecule has 84 valence electrons. The highest BCUT2D eigenvalue weighted by atomic mass is 16.5. The molecule has 0 bridgehead atoms. The number of benzene rings is 1. The lowest BCUT2D eigenvalue weighted by Gasteiger charge is -2.01. The van der Waals surface area contributed by atoms with Crippen molar-refractivity contribution in [3.8, 4) is 5.75 Å². The second-order valence-electron chi connectivity index (χ2n) is 3.71. The van der Waals surface area contributed by atoms with Gasteiger partial charge in [0, 0.05) is 6.42 Å². The summed E-state index contributed by atoms with van der Waals surface area (Å²) in [4.78, 5) is 4.17. The van der Waals surface area contributed by atoms with Crippen molar-refractivity contribution in [1.82, 2.24) is 4.98 Å². The van der Waals surface area contributed by atoms with E-state index in [1.807, 2.05) is 19.1 Å². The number of ether oxygens (including phenoxy) is 1. The van der Waals surface area contributed by atoms with E-state index < -0.39 is 0 Å². The van der Waals surface area contributed by atoms with Crippen molar-refractivity contribution >= 4 is 0 Å². The summed E-state index contributed by atoms with van der Waals surface area (Å²) >= 11 is 0. The second-order valence-corrected chi connectivity index (χ2v) is 3.71. The van der Waals surface area contributed by atoms with E-state index in [9.17, 15) is 0 Å². The van der Waals surface area contributed by atoms with Crippen LogP contribution in [-0.4, -0.2) is 12.1 Å². The third-order valence-corrected chi connectivity index (χ3v) is 2.46. The summed E-state index contributed by atoms with van der Waals surface area (Å²) in [6, 6.07) is 8.07. The minimum absolute atomic E-state index is 0.799. The first-order valence-electron chi connectivity index (χ1n) is 5.32. The molecule has 1 aromatic heterocycles. The normalized spacial score (nSPS) is 10.4. The third-order valence-electron chi connectivity index (χ3n) is 2.46. The van der Waals surface area contributed by atoms with Gasteiger partial charge in [-0.05, 0) is 31.0 Å². The zero-order valence-corrected chi connectivity index (χ0v) is 9.56. The molecule has 1 aromatic carbocycles. The molecular formula is C13H15NO2. The van der Waals surface area contributed by atoms with E-state index in [1.165, 1.54) is 5.56 Å². The molecule has 2 aromatic rings. The Morgan fingerprint density at radius 3 is 2.50 bits per heavy atom. The molecule has 3 heteroatoms. The smallest absolute Gasteiger partial charge is 0.194 e.